The third-order valence-corrected chi connectivity index (χ3v) is 4.75. The molecule has 0 fully saturated rings. The second-order valence-corrected chi connectivity index (χ2v) is 6.82. The lowest BCUT2D eigenvalue weighted by molar-refractivity contribution is -0.139. The van der Waals surface area contributed by atoms with E-state index in [4.69, 9.17) is 5.11 Å². The van der Waals surface area contributed by atoms with Crippen molar-refractivity contribution < 1.29 is 20.1 Å². The molecule has 1 aromatic carbocycles. The van der Waals surface area contributed by atoms with E-state index in [0.29, 0.717) is 0 Å². The molecular weight excluding hydrogens is 340 g/mol. The second kappa shape index (κ2) is 8.80. The van der Waals surface area contributed by atoms with E-state index >= 15 is 0 Å². The second-order valence-electron chi connectivity index (χ2n) is 6.82. The topological polar surface area (TPSA) is 77.8 Å². The van der Waals surface area contributed by atoms with Crippen molar-refractivity contribution in [2.75, 3.05) is 0 Å². The molecule has 140 valence electrons. The van der Waals surface area contributed by atoms with Crippen LogP contribution in [0.2, 0.25) is 0 Å². The molecule has 0 spiro atoms. The minimum Gasteiger partial charge on any atom is -0.481 e. The summed E-state index contributed by atoms with van der Waals surface area (Å²) >= 11 is 0. The molecule has 0 saturated carbocycles. The van der Waals surface area contributed by atoms with Gasteiger partial charge in [-0.3, -0.25) is 4.79 Å². The molecule has 27 heavy (non-hydrogen) atoms. The molecule has 1 aromatic rings. The van der Waals surface area contributed by atoms with Crippen LogP contribution < -0.4 is 0 Å². The first-order valence-electron chi connectivity index (χ1n) is 9.18. The van der Waals surface area contributed by atoms with E-state index in [1.54, 1.807) is 12.2 Å². The third kappa shape index (κ3) is 4.94. The van der Waals surface area contributed by atoms with Gasteiger partial charge in [0, 0.05) is 6.42 Å². The average molecular weight is 364 g/mol. The van der Waals surface area contributed by atoms with E-state index in [-0.39, 0.29) is 12.8 Å². The molecule has 2 aliphatic rings. The molecule has 0 saturated heterocycles. The molecule has 0 bridgehead atoms. The molecular formula is C23H24O4. The maximum atomic E-state index is 10.6. The van der Waals surface area contributed by atoms with Crippen LogP contribution in [0.5, 0.6) is 0 Å². The number of aliphatic hydroxyl groups excluding tert-OH is 2. The number of hydrogen-bond acceptors (Lipinski definition) is 3. The Bertz CT molecular complexity index is 855. The van der Waals surface area contributed by atoms with Gasteiger partial charge in [-0.25, -0.2) is 0 Å². The molecule has 0 amide bonds. The van der Waals surface area contributed by atoms with Crippen molar-refractivity contribution in [2.24, 2.45) is 0 Å². The Balaban J connectivity index is 1.79. The largest absolute Gasteiger partial charge is 0.481 e. The van der Waals surface area contributed by atoms with Crippen molar-refractivity contribution in [1.29, 1.82) is 0 Å². The first-order valence-corrected chi connectivity index (χ1v) is 9.18. The summed E-state index contributed by atoms with van der Waals surface area (Å²) in [5.41, 5.74) is 6.02. The van der Waals surface area contributed by atoms with Gasteiger partial charge in [0.05, 0.1) is 18.6 Å². The Labute approximate surface area is 159 Å². The lowest BCUT2D eigenvalue weighted by Crippen LogP contribution is -2.19. The van der Waals surface area contributed by atoms with E-state index in [2.05, 4.69) is 36.4 Å². The van der Waals surface area contributed by atoms with Crippen LogP contribution >= 0.6 is 0 Å². The fraction of sp³-hybridized carbons (Fsp3) is 0.261. The highest BCUT2D eigenvalue weighted by molar-refractivity contribution is 5.90. The number of carbonyl (C=O) groups is 1. The summed E-state index contributed by atoms with van der Waals surface area (Å²) in [5.74, 6) is -1.08. The number of rotatable bonds is 6. The highest BCUT2D eigenvalue weighted by Gasteiger charge is 2.17. The molecule has 0 heterocycles. The zero-order chi connectivity index (χ0) is 19.2. The molecule has 2 unspecified atom stereocenters. The lowest BCUT2D eigenvalue weighted by Gasteiger charge is -2.15. The standard InChI is InChI=1S/C23H24O4/c24-18(14-19(25)15-23(26)27)8-5-7-17-13-12-16-6-1-2-9-20(16)22-11-4-3-10-21(17)22/h1,3-8,10-13,18-19,24-25H,2,9,14-15H2,(H,26,27)/b8-5+,17-7+. The van der Waals surface area contributed by atoms with Crippen LogP contribution in [0, 0.1) is 0 Å². The molecule has 2 atom stereocenters. The van der Waals surface area contributed by atoms with Crippen LogP contribution in [-0.2, 0) is 4.79 Å². The van der Waals surface area contributed by atoms with Gasteiger partial charge in [0.15, 0.2) is 0 Å². The molecule has 0 radical (unpaired) electrons. The van der Waals surface area contributed by atoms with Gasteiger partial charge in [-0.1, -0.05) is 66.8 Å². The Morgan fingerprint density at radius 1 is 1.11 bits per heavy atom. The fourth-order valence-corrected chi connectivity index (χ4v) is 3.47. The first kappa shape index (κ1) is 19.1. The minimum absolute atomic E-state index is 0.000946. The molecule has 0 aliphatic heterocycles. The summed E-state index contributed by atoms with van der Waals surface area (Å²) in [6.45, 7) is 0. The number of benzene rings is 1. The molecule has 4 nitrogen and oxygen atoms in total. The lowest BCUT2D eigenvalue weighted by atomic mass is 9.89. The predicted molar refractivity (Wildman–Crippen MR) is 107 cm³/mol. The van der Waals surface area contributed by atoms with Gasteiger partial charge >= 0.3 is 5.97 Å². The van der Waals surface area contributed by atoms with Crippen LogP contribution in [0.4, 0.5) is 0 Å². The van der Waals surface area contributed by atoms with Gasteiger partial charge in [0.1, 0.15) is 0 Å². The number of hydrogen-bond donors (Lipinski definition) is 3. The van der Waals surface area contributed by atoms with Crippen LogP contribution in [0.15, 0.2) is 72.4 Å². The molecule has 0 aromatic heterocycles. The monoisotopic (exact) mass is 364 g/mol. The predicted octanol–water partition coefficient (Wildman–Crippen LogP) is 3.89. The van der Waals surface area contributed by atoms with Gasteiger partial charge in [-0.2, -0.15) is 0 Å². The number of carboxylic acid groups (broad SMARTS) is 1. The third-order valence-electron chi connectivity index (χ3n) is 4.75. The molecule has 3 N–H and O–H groups in total. The Morgan fingerprint density at radius 2 is 1.89 bits per heavy atom. The fourth-order valence-electron chi connectivity index (χ4n) is 3.47. The van der Waals surface area contributed by atoms with Crippen molar-refractivity contribution in [3.63, 3.8) is 0 Å². The molecule has 2 aliphatic carbocycles. The van der Waals surface area contributed by atoms with Crippen molar-refractivity contribution in [3.8, 4) is 0 Å². The molecule has 3 rings (SSSR count). The van der Waals surface area contributed by atoms with Crippen molar-refractivity contribution in [2.45, 2.75) is 37.9 Å². The van der Waals surface area contributed by atoms with Crippen LogP contribution in [0.1, 0.15) is 36.8 Å². The number of aliphatic carboxylic acids is 1. The van der Waals surface area contributed by atoms with Crippen LogP contribution in [0.3, 0.4) is 0 Å². The Kier molecular flexibility index (Phi) is 6.22. The van der Waals surface area contributed by atoms with E-state index in [1.165, 1.54) is 16.7 Å². The van der Waals surface area contributed by atoms with E-state index in [9.17, 15) is 15.0 Å². The number of aliphatic hydroxyl groups is 2. The first-order chi connectivity index (χ1) is 13.0. The van der Waals surface area contributed by atoms with Crippen molar-refractivity contribution >= 4 is 17.1 Å². The highest BCUT2D eigenvalue weighted by Crippen LogP contribution is 2.37. The summed E-state index contributed by atoms with van der Waals surface area (Å²) < 4.78 is 0. The highest BCUT2D eigenvalue weighted by atomic mass is 16.4. The normalized spacial score (nSPS) is 19.7. The summed E-state index contributed by atoms with van der Waals surface area (Å²) in [6, 6.07) is 8.31. The van der Waals surface area contributed by atoms with E-state index in [0.717, 1.165) is 24.0 Å². The van der Waals surface area contributed by atoms with Gasteiger partial charge in [0.2, 0.25) is 0 Å². The van der Waals surface area contributed by atoms with Gasteiger partial charge in [0.25, 0.3) is 0 Å². The molecule has 4 heteroatoms. The maximum Gasteiger partial charge on any atom is 0.305 e. The van der Waals surface area contributed by atoms with E-state index in [1.807, 2.05) is 18.2 Å². The summed E-state index contributed by atoms with van der Waals surface area (Å²) in [6.07, 6.45) is 13.6. The maximum absolute atomic E-state index is 10.6. The summed E-state index contributed by atoms with van der Waals surface area (Å²) in [4.78, 5) is 10.6. The zero-order valence-electron chi connectivity index (χ0n) is 15.1. The van der Waals surface area contributed by atoms with Gasteiger partial charge < -0.3 is 15.3 Å². The number of allylic oxidation sites excluding steroid dienone is 9. The average Bonchev–Trinajstić information content (AvgIpc) is 2.79. The van der Waals surface area contributed by atoms with E-state index < -0.39 is 18.2 Å². The van der Waals surface area contributed by atoms with Gasteiger partial charge in [-0.05, 0) is 40.7 Å². The van der Waals surface area contributed by atoms with Crippen LogP contribution in [-0.4, -0.2) is 33.5 Å². The number of carboxylic acids is 1. The zero-order valence-corrected chi connectivity index (χ0v) is 15.1. The summed E-state index contributed by atoms with van der Waals surface area (Å²) in [7, 11) is 0. The quantitative estimate of drug-likeness (QED) is 0.716. The summed E-state index contributed by atoms with van der Waals surface area (Å²) in [5, 5.41) is 28.3. The Morgan fingerprint density at radius 3 is 2.67 bits per heavy atom. The van der Waals surface area contributed by atoms with Crippen molar-refractivity contribution in [1.82, 2.24) is 0 Å². The van der Waals surface area contributed by atoms with Crippen molar-refractivity contribution in [3.05, 3.63) is 83.5 Å². The number of fused-ring (bicyclic) bond motifs is 2. The smallest absolute Gasteiger partial charge is 0.305 e. The Hall–Kier alpha value is -2.69. The van der Waals surface area contributed by atoms with Crippen LogP contribution in [0.25, 0.3) is 11.1 Å². The SMILES string of the molecule is O=C(O)CC(O)CC(O)/C=C/C=C1\C=CC2=C(CCC=C2)c2ccccc21. The minimum atomic E-state index is -1.08. The van der Waals surface area contributed by atoms with Gasteiger partial charge in [-0.15, -0.1) is 0 Å².